The Morgan fingerprint density at radius 3 is 3.00 bits per heavy atom. The van der Waals surface area contributed by atoms with Crippen molar-refractivity contribution in [2.45, 2.75) is 12.5 Å². The fourth-order valence-corrected chi connectivity index (χ4v) is 2.12. The molecule has 1 aliphatic rings. The Kier molecular flexibility index (Phi) is 3.59. The summed E-state index contributed by atoms with van der Waals surface area (Å²) < 4.78 is 6.08. The molecule has 6 heteroatoms. The van der Waals surface area contributed by atoms with Gasteiger partial charge in [0.1, 0.15) is 5.69 Å². The van der Waals surface area contributed by atoms with Crippen molar-refractivity contribution in [3.8, 4) is 0 Å². The number of ether oxygens (including phenoxy) is 1. The first-order chi connectivity index (χ1) is 7.66. The molecule has 1 aromatic rings. The average molecular weight is 334 g/mol. The van der Waals surface area contributed by atoms with Crippen LogP contribution in [-0.4, -0.2) is 24.2 Å². The van der Waals surface area contributed by atoms with Crippen molar-refractivity contribution in [2.24, 2.45) is 0 Å². The third-order valence-electron chi connectivity index (χ3n) is 2.45. The second kappa shape index (κ2) is 4.96. The highest BCUT2D eigenvalue weighted by molar-refractivity contribution is 14.1. The third-order valence-corrected chi connectivity index (χ3v) is 3.12. The summed E-state index contributed by atoms with van der Waals surface area (Å²) in [4.78, 5) is 10.5. The number of rotatable bonds is 3. The summed E-state index contributed by atoms with van der Waals surface area (Å²) in [7, 11) is 0. The molecular weight excluding hydrogens is 323 g/mol. The van der Waals surface area contributed by atoms with Crippen molar-refractivity contribution >= 4 is 34.0 Å². The van der Waals surface area contributed by atoms with Gasteiger partial charge in [-0.1, -0.05) is 0 Å². The molecule has 1 fully saturated rings. The standard InChI is InChI=1S/C10H11IN2O3/c11-7-1-2-9(10(5-7)13(14)15)12-8-3-4-16-6-8/h1-2,5,8,12H,3-4,6H2. The highest BCUT2D eigenvalue weighted by atomic mass is 127. The van der Waals surface area contributed by atoms with E-state index in [0.29, 0.717) is 12.3 Å². The van der Waals surface area contributed by atoms with E-state index in [1.54, 1.807) is 12.1 Å². The minimum absolute atomic E-state index is 0.124. The molecule has 5 nitrogen and oxygen atoms in total. The smallest absolute Gasteiger partial charge is 0.293 e. The summed E-state index contributed by atoms with van der Waals surface area (Å²) in [6.07, 6.45) is 0.892. The van der Waals surface area contributed by atoms with Crippen LogP contribution in [-0.2, 0) is 4.74 Å². The average Bonchev–Trinajstić information content (AvgIpc) is 2.73. The lowest BCUT2D eigenvalue weighted by Gasteiger charge is -2.12. The van der Waals surface area contributed by atoms with Crippen LogP contribution in [0.4, 0.5) is 11.4 Å². The van der Waals surface area contributed by atoms with Gasteiger partial charge in [0.15, 0.2) is 0 Å². The van der Waals surface area contributed by atoms with Crippen LogP contribution in [0.5, 0.6) is 0 Å². The van der Waals surface area contributed by atoms with E-state index < -0.39 is 0 Å². The summed E-state index contributed by atoms with van der Waals surface area (Å²) in [5, 5.41) is 14.0. The van der Waals surface area contributed by atoms with Crippen molar-refractivity contribution in [3.05, 3.63) is 31.9 Å². The summed E-state index contributed by atoms with van der Waals surface area (Å²) in [6.45, 7) is 1.33. The molecule has 0 amide bonds. The van der Waals surface area contributed by atoms with Gasteiger partial charge in [0.25, 0.3) is 5.69 Å². The number of nitro benzene ring substituents is 1. The number of hydrogen-bond acceptors (Lipinski definition) is 4. The zero-order valence-electron chi connectivity index (χ0n) is 8.48. The van der Waals surface area contributed by atoms with Gasteiger partial charge >= 0.3 is 0 Å². The molecule has 2 rings (SSSR count). The first-order valence-electron chi connectivity index (χ1n) is 4.95. The van der Waals surface area contributed by atoms with Gasteiger partial charge in [-0.25, -0.2) is 0 Å². The lowest BCUT2D eigenvalue weighted by atomic mass is 10.2. The van der Waals surface area contributed by atoms with E-state index in [2.05, 4.69) is 27.9 Å². The molecule has 1 heterocycles. The van der Waals surface area contributed by atoms with Crippen LogP contribution >= 0.6 is 22.6 Å². The molecule has 16 heavy (non-hydrogen) atoms. The maximum absolute atomic E-state index is 10.9. The number of hydrogen-bond donors (Lipinski definition) is 1. The van der Waals surface area contributed by atoms with E-state index in [9.17, 15) is 10.1 Å². The fourth-order valence-electron chi connectivity index (χ4n) is 1.65. The lowest BCUT2D eigenvalue weighted by molar-refractivity contribution is -0.384. The first-order valence-corrected chi connectivity index (χ1v) is 6.03. The van der Waals surface area contributed by atoms with Gasteiger partial charge in [0, 0.05) is 16.2 Å². The van der Waals surface area contributed by atoms with Crippen LogP contribution in [0, 0.1) is 13.7 Å². The minimum atomic E-state index is -0.361. The first kappa shape index (κ1) is 11.6. The van der Waals surface area contributed by atoms with Crippen molar-refractivity contribution < 1.29 is 9.66 Å². The van der Waals surface area contributed by atoms with Crippen molar-refractivity contribution in [3.63, 3.8) is 0 Å². The molecule has 1 N–H and O–H groups in total. The zero-order valence-corrected chi connectivity index (χ0v) is 10.6. The maximum Gasteiger partial charge on any atom is 0.293 e. The zero-order chi connectivity index (χ0) is 11.5. The van der Waals surface area contributed by atoms with Crippen molar-refractivity contribution in [1.29, 1.82) is 0 Å². The largest absolute Gasteiger partial charge is 0.379 e. The van der Waals surface area contributed by atoms with Crippen LogP contribution in [0.3, 0.4) is 0 Å². The van der Waals surface area contributed by atoms with Gasteiger partial charge in [0.2, 0.25) is 0 Å². The summed E-state index contributed by atoms with van der Waals surface area (Å²) in [5.41, 5.74) is 0.694. The van der Waals surface area contributed by atoms with E-state index in [-0.39, 0.29) is 16.7 Å². The predicted octanol–water partition coefficient (Wildman–Crippen LogP) is 2.40. The molecule has 1 saturated heterocycles. The molecule has 0 radical (unpaired) electrons. The fraction of sp³-hybridized carbons (Fsp3) is 0.400. The normalized spacial score (nSPS) is 19.7. The SMILES string of the molecule is O=[N+]([O-])c1cc(I)ccc1NC1CCOC1. The molecule has 1 unspecified atom stereocenters. The Balaban J connectivity index is 2.21. The Hall–Kier alpha value is -0.890. The Morgan fingerprint density at radius 2 is 2.38 bits per heavy atom. The van der Waals surface area contributed by atoms with Crippen molar-refractivity contribution in [2.75, 3.05) is 18.5 Å². The molecule has 1 aliphatic heterocycles. The Morgan fingerprint density at radius 1 is 1.56 bits per heavy atom. The summed E-state index contributed by atoms with van der Waals surface area (Å²) >= 11 is 2.06. The van der Waals surface area contributed by atoms with Gasteiger partial charge in [-0.3, -0.25) is 10.1 Å². The second-order valence-electron chi connectivity index (χ2n) is 3.62. The van der Waals surface area contributed by atoms with Gasteiger partial charge in [-0.15, -0.1) is 0 Å². The van der Waals surface area contributed by atoms with Crippen LogP contribution in [0.25, 0.3) is 0 Å². The van der Waals surface area contributed by atoms with Crippen molar-refractivity contribution in [1.82, 2.24) is 0 Å². The highest BCUT2D eigenvalue weighted by Crippen LogP contribution is 2.27. The maximum atomic E-state index is 10.9. The van der Waals surface area contributed by atoms with E-state index in [1.165, 1.54) is 0 Å². The predicted molar refractivity (Wildman–Crippen MR) is 68.7 cm³/mol. The summed E-state index contributed by atoms with van der Waals surface area (Å²) in [5.74, 6) is 0. The molecule has 0 saturated carbocycles. The Bertz CT molecular complexity index is 405. The topological polar surface area (TPSA) is 64.4 Å². The molecule has 0 aromatic heterocycles. The second-order valence-corrected chi connectivity index (χ2v) is 4.87. The molecule has 1 atom stereocenters. The van der Waals surface area contributed by atoms with Crippen LogP contribution in [0.1, 0.15) is 6.42 Å². The number of benzene rings is 1. The minimum Gasteiger partial charge on any atom is -0.379 e. The monoisotopic (exact) mass is 334 g/mol. The third kappa shape index (κ3) is 2.62. The number of nitrogens with zero attached hydrogens (tertiary/aromatic N) is 1. The number of nitro groups is 1. The van der Waals surface area contributed by atoms with Crippen LogP contribution < -0.4 is 5.32 Å². The molecular formula is C10H11IN2O3. The molecule has 86 valence electrons. The molecule has 1 aromatic carbocycles. The number of halogens is 1. The Labute approximate surface area is 106 Å². The molecule has 0 spiro atoms. The van der Waals surface area contributed by atoms with E-state index in [0.717, 1.165) is 16.6 Å². The van der Waals surface area contributed by atoms with Crippen LogP contribution in [0.2, 0.25) is 0 Å². The van der Waals surface area contributed by atoms with E-state index in [1.807, 2.05) is 6.07 Å². The van der Waals surface area contributed by atoms with E-state index >= 15 is 0 Å². The highest BCUT2D eigenvalue weighted by Gasteiger charge is 2.20. The number of nitrogens with one attached hydrogen (secondary N) is 1. The van der Waals surface area contributed by atoms with Crippen LogP contribution in [0.15, 0.2) is 18.2 Å². The molecule has 0 bridgehead atoms. The molecule has 0 aliphatic carbocycles. The number of anilines is 1. The van der Waals surface area contributed by atoms with Gasteiger partial charge in [-0.2, -0.15) is 0 Å². The van der Waals surface area contributed by atoms with Gasteiger partial charge in [-0.05, 0) is 41.1 Å². The quantitative estimate of drug-likeness (QED) is 0.524. The van der Waals surface area contributed by atoms with E-state index in [4.69, 9.17) is 4.74 Å². The van der Waals surface area contributed by atoms with Gasteiger partial charge in [0.05, 0.1) is 17.6 Å². The summed E-state index contributed by atoms with van der Waals surface area (Å²) in [6, 6.07) is 5.35. The van der Waals surface area contributed by atoms with Gasteiger partial charge < -0.3 is 10.1 Å². The lowest BCUT2D eigenvalue weighted by Crippen LogP contribution is -2.19.